The van der Waals surface area contributed by atoms with Crippen LogP contribution in [0.4, 0.5) is 5.69 Å². The molecule has 0 aliphatic rings. The topological polar surface area (TPSA) is 89.2 Å². The minimum absolute atomic E-state index is 0.0723. The van der Waals surface area contributed by atoms with Gasteiger partial charge in [-0.2, -0.15) is 0 Å². The Morgan fingerprint density at radius 2 is 1.48 bits per heavy atom. The third-order valence-corrected chi connectivity index (χ3v) is 2.79. The van der Waals surface area contributed by atoms with Crippen LogP contribution in [0.15, 0.2) is 24.3 Å². The lowest BCUT2D eigenvalue weighted by Crippen LogP contribution is -2.27. The summed E-state index contributed by atoms with van der Waals surface area (Å²) >= 11 is 0. The zero-order valence-corrected chi connectivity index (χ0v) is 15.3. The van der Waals surface area contributed by atoms with E-state index in [1.807, 2.05) is 39.0 Å². The van der Waals surface area contributed by atoms with E-state index in [9.17, 15) is 4.79 Å². The van der Waals surface area contributed by atoms with E-state index in [0.717, 1.165) is 0 Å². The molecule has 7 heteroatoms. The fourth-order valence-electron chi connectivity index (χ4n) is 1.79. The Kier molecular flexibility index (Phi) is 9.91. The van der Waals surface area contributed by atoms with Gasteiger partial charge < -0.3 is 29.4 Å². The summed E-state index contributed by atoms with van der Waals surface area (Å²) in [5.41, 5.74) is 5.88. The lowest BCUT2D eigenvalue weighted by Gasteiger charge is -2.19. The molecule has 25 heavy (non-hydrogen) atoms. The monoisotopic (exact) mass is 355 g/mol. The van der Waals surface area contributed by atoms with E-state index < -0.39 is 5.60 Å². The van der Waals surface area contributed by atoms with Crippen LogP contribution < -0.4 is 10.5 Å². The van der Waals surface area contributed by atoms with Crippen LogP contribution in [0.25, 0.3) is 0 Å². The molecular formula is C18H29NO6. The summed E-state index contributed by atoms with van der Waals surface area (Å²) < 4.78 is 26.5. The highest BCUT2D eigenvalue weighted by atomic mass is 16.6. The van der Waals surface area contributed by atoms with E-state index in [2.05, 4.69) is 0 Å². The van der Waals surface area contributed by atoms with Crippen LogP contribution in [0.3, 0.4) is 0 Å². The van der Waals surface area contributed by atoms with Crippen LogP contribution in [-0.4, -0.2) is 57.8 Å². The summed E-state index contributed by atoms with van der Waals surface area (Å²) in [6.45, 7) is 7.87. The number of carbonyl (C=O) groups excluding carboxylic acids is 1. The summed E-state index contributed by atoms with van der Waals surface area (Å²) in [5.74, 6) is 0.277. The average Bonchev–Trinajstić information content (AvgIpc) is 2.52. The van der Waals surface area contributed by atoms with E-state index in [4.69, 9.17) is 29.4 Å². The van der Waals surface area contributed by atoms with E-state index >= 15 is 0 Å². The lowest BCUT2D eigenvalue weighted by atomic mass is 10.2. The molecule has 0 aliphatic carbocycles. The minimum atomic E-state index is -0.496. The van der Waals surface area contributed by atoms with Crippen molar-refractivity contribution in [2.75, 3.05) is 52.0 Å². The smallest absolute Gasteiger partial charge is 0.332 e. The molecule has 142 valence electrons. The molecule has 0 saturated carbocycles. The number of esters is 1. The first-order chi connectivity index (χ1) is 11.9. The molecular weight excluding hydrogens is 326 g/mol. The zero-order valence-electron chi connectivity index (χ0n) is 15.3. The van der Waals surface area contributed by atoms with Crippen LogP contribution in [0.2, 0.25) is 0 Å². The van der Waals surface area contributed by atoms with Crippen molar-refractivity contribution in [1.29, 1.82) is 0 Å². The Balaban J connectivity index is 1.88. The lowest BCUT2D eigenvalue weighted by molar-refractivity contribution is -0.160. The predicted molar refractivity (Wildman–Crippen MR) is 94.7 cm³/mol. The molecule has 2 N–H and O–H groups in total. The Labute approximate surface area is 149 Å². The molecule has 0 bridgehead atoms. The predicted octanol–water partition coefficient (Wildman–Crippen LogP) is 2.04. The van der Waals surface area contributed by atoms with E-state index in [-0.39, 0.29) is 12.6 Å². The van der Waals surface area contributed by atoms with Crippen LogP contribution in [-0.2, 0) is 23.7 Å². The molecule has 0 saturated heterocycles. The molecule has 1 rings (SSSR count). The first-order valence-corrected chi connectivity index (χ1v) is 8.31. The normalized spacial score (nSPS) is 11.3. The first-order valence-electron chi connectivity index (χ1n) is 8.31. The molecule has 0 heterocycles. The fraction of sp³-hybridized carbons (Fsp3) is 0.611. The highest BCUT2D eigenvalue weighted by Crippen LogP contribution is 2.19. The number of anilines is 1. The summed E-state index contributed by atoms with van der Waals surface area (Å²) in [6.07, 6.45) is 0. The number of rotatable bonds is 12. The summed E-state index contributed by atoms with van der Waals surface area (Å²) in [7, 11) is 0. The van der Waals surface area contributed by atoms with Gasteiger partial charge in [0, 0.05) is 0 Å². The Morgan fingerprint density at radius 3 is 2.08 bits per heavy atom. The maximum atomic E-state index is 11.4. The number of ether oxygens (including phenoxy) is 5. The number of para-hydroxylation sites is 2. The first kappa shape index (κ1) is 21.2. The average molecular weight is 355 g/mol. The molecule has 0 spiro atoms. The van der Waals surface area contributed by atoms with Gasteiger partial charge in [0.2, 0.25) is 0 Å². The van der Waals surface area contributed by atoms with Crippen molar-refractivity contribution in [1.82, 2.24) is 0 Å². The molecule has 7 nitrogen and oxygen atoms in total. The molecule has 0 atom stereocenters. The molecule has 0 unspecified atom stereocenters. The van der Waals surface area contributed by atoms with Crippen molar-refractivity contribution >= 4 is 11.7 Å². The van der Waals surface area contributed by atoms with Crippen molar-refractivity contribution in [3.05, 3.63) is 24.3 Å². The molecule has 0 aliphatic heterocycles. The van der Waals surface area contributed by atoms with Crippen molar-refractivity contribution in [2.45, 2.75) is 26.4 Å². The second-order valence-corrected chi connectivity index (χ2v) is 6.25. The van der Waals surface area contributed by atoms with Crippen LogP contribution in [0.1, 0.15) is 20.8 Å². The van der Waals surface area contributed by atoms with Gasteiger partial charge in [0.15, 0.2) is 0 Å². The Bertz CT molecular complexity index is 501. The summed E-state index contributed by atoms with van der Waals surface area (Å²) in [6, 6.07) is 7.32. The maximum Gasteiger partial charge on any atom is 0.332 e. The van der Waals surface area contributed by atoms with E-state index in [1.165, 1.54) is 0 Å². The zero-order chi connectivity index (χ0) is 18.5. The van der Waals surface area contributed by atoms with Gasteiger partial charge >= 0.3 is 5.97 Å². The minimum Gasteiger partial charge on any atom is -0.489 e. The Hall–Kier alpha value is -1.83. The number of hydrogen-bond acceptors (Lipinski definition) is 7. The molecule has 0 amide bonds. The number of carbonyl (C=O) groups is 1. The number of benzene rings is 1. The van der Waals surface area contributed by atoms with Gasteiger partial charge in [-0.05, 0) is 32.9 Å². The van der Waals surface area contributed by atoms with Crippen molar-refractivity contribution < 1.29 is 28.5 Å². The maximum absolute atomic E-state index is 11.4. The SMILES string of the molecule is CC(C)(C)OC(=O)COCCOCCOCCOc1ccccc1N. The molecule has 1 aromatic carbocycles. The highest BCUT2D eigenvalue weighted by molar-refractivity contribution is 5.71. The fourth-order valence-corrected chi connectivity index (χ4v) is 1.79. The molecule has 0 aromatic heterocycles. The third kappa shape index (κ3) is 11.4. The van der Waals surface area contributed by atoms with Gasteiger partial charge in [-0.15, -0.1) is 0 Å². The summed E-state index contributed by atoms with van der Waals surface area (Å²) in [5, 5.41) is 0. The highest BCUT2D eigenvalue weighted by Gasteiger charge is 2.15. The van der Waals surface area contributed by atoms with Crippen LogP contribution in [0, 0.1) is 0 Å². The van der Waals surface area contributed by atoms with Crippen molar-refractivity contribution in [3.63, 3.8) is 0 Å². The van der Waals surface area contributed by atoms with Gasteiger partial charge in [0.25, 0.3) is 0 Å². The van der Waals surface area contributed by atoms with Crippen molar-refractivity contribution in [3.8, 4) is 5.75 Å². The molecule has 1 aromatic rings. The van der Waals surface area contributed by atoms with Gasteiger partial charge in [-0.3, -0.25) is 0 Å². The van der Waals surface area contributed by atoms with E-state index in [0.29, 0.717) is 51.1 Å². The van der Waals surface area contributed by atoms with Crippen LogP contribution in [0.5, 0.6) is 5.75 Å². The standard InChI is InChI=1S/C18H29NO6/c1-18(2,3)25-17(20)14-23-11-10-21-8-9-22-12-13-24-16-7-5-4-6-15(16)19/h4-7H,8-14,19H2,1-3H3. The molecule has 0 radical (unpaired) electrons. The van der Waals surface area contributed by atoms with Crippen molar-refractivity contribution in [2.24, 2.45) is 0 Å². The second-order valence-electron chi connectivity index (χ2n) is 6.25. The van der Waals surface area contributed by atoms with Gasteiger partial charge in [-0.25, -0.2) is 4.79 Å². The van der Waals surface area contributed by atoms with Gasteiger partial charge in [0.1, 0.15) is 24.6 Å². The van der Waals surface area contributed by atoms with Gasteiger partial charge in [0.05, 0.1) is 38.7 Å². The quantitative estimate of drug-likeness (QED) is 0.349. The largest absolute Gasteiger partial charge is 0.489 e. The Morgan fingerprint density at radius 1 is 0.920 bits per heavy atom. The van der Waals surface area contributed by atoms with E-state index in [1.54, 1.807) is 6.07 Å². The number of nitrogen functional groups attached to an aromatic ring is 1. The van der Waals surface area contributed by atoms with Gasteiger partial charge in [-0.1, -0.05) is 12.1 Å². The van der Waals surface area contributed by atoms with Crippen LogP contribution >= 0.6 is 0 Å². The number of nitrogens with two attached hydrogens (primary N) is 1. The third-order valence-electron chi connectivity index (χ3n) is 2.79. The molecule has 0 fully saturated rings. The second kappa shape index (κ2) is 11.7. The number of hydrogen-bond donors (Lipinski definition) is 1. The summed E-state index contributed by atoms with van der Waals surface area (Å²) in [4.78, 5) is 11.4.